The Kier molecular flexibility index (Phi) is 6.07. The van der Waals surface area contributed by atoms with Gasteiger partial charge in [0.05, 0.1) is 5.75 Å². The first kappa shape index (κ1) is 18.2. The molecule has 0 atom stereocenters. The molecular weight excluding hydrogens is 344 g/mol. The molecule has 6 heteroatoms. The molecule has 2 aromatic carbocycles. The average molecular weight is 366 g/mol. The third-order valence-electron chi connectivity index (χ3n) is 4.11. The summed E-state index contributed by atoms with van der Waals surface area (Å²) < 4.78 is 0. The summed E-state index contributed by atoms with van der Waals surface area (Å²) in [6.07, 6.45) is 1.77. The van der Waals surface area contributed by atoms with Crippen LogP contribution in [0.2, 0.25) is 0 Å². The number of carbonyl (C=O) groups excluding carboxylic acids is 1. The van der Waals surface area contributed by atoms with Gasteiger partial charge < -0.3 is 5.32 Å². The van der Waals surface area contributed by atoms with Crippen molar-refractivity contribution in [2.45, 2.75) is 31.8 Å². The highest BCUT2D eigenvalue weighted by Crippen LogP contribution is 2.24. The first-order valence-electron chi connectivity index (χ1n) is 8.72. The SMILES string of the molecule is CCc1cccc(CC)c1NC(=O)CSc1n[nH]c(-c2ccccc2)n1. The monoisotopic (exact) mass is 366 g/mol. The summed E-state index contributed by atoms with van der Waals surface area (Å²) in [6.45, 7) is 4.19. The zero-order valence-electron chi connectivity index (χ0n) is 15.0. The van der Waals surface area contributed by atoms with Crippen LogP contribution in [0.5, 0.6) is 0 Å². The van der Waals surface area contributed by atoms with Gasteiger partial charge in [0, 0.05) is 11.3 Å². The van der Waals surface area contributed by atoms with Crippen LogP contribution in [-0.2, 0) is 17.6 Å². The van der Waals surface area contributed by atoms with Gasteiger partial charge in [-0.1, -0.05) is 74.1 Å². The van der Waals surface area contributed by atoms with Crippen LogP contribution < -0.4 is 5.32 Å². The van der Waals surface area contributed by atoms with Crippen LogP contribution in [0.25, 0.3) is 11.4 Å². The normalized spacial score (nSPS) is 10.7. The van der Waals surface area contributed by atoms with E-state index >= 15 is 0 Å². The van der Waals surface area contributed by atoms with Crippen molar-refractivity contribution < 1.29 is 4.79 Å². The van der Waals surface area contributed by atoms with Crippen molar-refractivity contribution in [2.75, 3.05) is 11.1 Å². The highest BCUT2D eigenvalue weighted by Gasteiger charge is 2.12. The molecule has 0 aliphatic carbocycles. The number of hydrogen-bond donors (Lipinski definition) is 2. The van der Waals surface area contributed by atoms with Crippen LogP contribution in [0, 0.1) is 0 Å². The topological polar surface area (TPSA) is 70.7 Å². The molecule has 1 aromatic heterocycles. The van der Waals surface area contributed by atoms with E-state index in [1.54, 1.807) is 0 Å². The Bertz CT molecular complexity index is 854. The van der Waals surface area contributed by atoms with Gasteiger partial charge in [-0.05, 0) is 24.0 Å². The molecule has 0 bridgehead atoms. The number of thioether (sulfide) groups is 1. The third kappa shape index (κ3) is 4.32. The average Bonchev–Trinajstić information content (AvgIpc) is 3.16. The maximum absolute atomic E-state index is 12.4. The summed E-state index contributed by atoms with van der Waals surface area (Å²) in [4.78, 5) is 16.8. The van der Waals surface area contributed by atoms with Crippen molar-refractivity contribution in [1.29, 1.82) is 0 Å². The molecule has 0 saturated carbocycles. The lowest BCUT2D eigenvalue weighted by atomic mass is 10.0. The van der Waals surface area contributed by atoms with Gasteiger partial charge in [0.1, 0.15) is 0 Å². The fraction of sp³-hybridized carbons (Fsp3) is 0.250. The number of nitrogens with zero attached hydrogens (tertiary/aromatic N) is 2. The van der Waals surface area contributed by atoms with Crippen molar-refractivity contribution in [1.82, 2.24) is 15.2 Å². The molecule has 134 valence electrons. The van der Waals surface area contributed by atoms with Crippen LogP contribution in [0.4, 0.5) is 5.69 Å². The molecule has 2 N–H and O–H groups in total. The smallest absolute Gasteiger partial charge is 0.234 e. The zero-order chi connectivity index (χ0) is 18.4. The Morgan fingerprint density at radius 2 is 1.73 bits per heavy atom. The zero-order valence-corrected chi connectivity index (χ0v) is 15.8. The molecule has 3 aromatic rings. The molecule has 26 heavy (non-hydrogen) atoms. The van der Waals surface area contributed by atoms with E-state index in [0.717, 1.165) is 35.2 Å². The van der Waals surface area contributed by atoms with Gasteiger partial charge in [-0.15, -0.1) is 5.10 Å². The number of nitrogens with one attached hydrogen (secondary N) is 2. The number of H-pyrrole nitrogens is 1. The number of aryl methyl sites for hydroxylation is 2. The van der Waals surface area contributed by atoms with Crippen LogP contribution in [0.15, 0.2) is 53.7 Å². The lowest BCUT2D eigenvalue weighted by Gasteiger charge is -2.14. The summed E-state index contributed by atoms with van der Waals surface area (Å²) in [7, 11) is 0. The fourth-order valence-corrected chi connectivity index (χ4v) is 3.34. The molecule has 0 aliphatic rings. The van der Waals surface area contributed by atoms with Gasteiger partial charge >= 0.3 is 0 Å². The van der Waals surface area contributed by atoms with Crippen molar-refractivity contribution in [3.63, 3.8) is 0 Å². The van der Waals surface area contributed by atoms with E-state index in [1.165, 1.54) is 11.8 Å². The second-order valence-corrected chi connectivity index (χ2v) is 6.77. The van der Waals surface area contributed by atoms with Crippen LogP contribution in [0.1, 0.15) is 25.0 Å². The molecule has 0 saturated heterocycles. The summed E-state index contributed by atoms with van der Waals surface area (Å²) >= 11 is 1.32. The minimum Gasteiger partial charge on any atom is -0.325 e. The molecule has 0 aliphatic heterocycles. The van der Waals surface area contributed by atoms with Crippen LogP contribution >= 0.6 is 11.8 Å². The van der Waals surface area contributed by atoms with Crippen molar-refractivity contribution >= 4 is 23.4 Å². The summed E-state index contributed by atoms with van der Waals surface area (Å²) in [6, 6.07) is 16.0. The molecule has 0 unspecified atom stereocenters. The first-order valence-corrected chi connectivity index (χ1v) is 9.71. The summed E-state index contributed by atoms with van der Waals surface area (Å²) in [5.41, 5.74) is 4.24. The standard InChI is InChI=1S/C20H22N4OS/c1-3-14-11-8-12-15(4-2)18(14)21-17(25)13-26-20-22-19(23-24-20)16-9-6-5-7-10-16/h5-12H,3-4,13H2,1-2H3,(H,21,25)(H,22,23,24). The lowest BCUT2D eigenvalue weighted by Crippen LogP contribution is -2.16. The van der Waals surface area contributed by atoms with E-state index in [9.17, 15) is 4.79 Å². The van der Waals surface area contributed by atoms with Gasteiger partial charge in [0.2, 0.25) is 11.1 Å². The maximum Gasteiger partial charge on any atom is 0.234 e. The number of aromatic nitrogens is 3. The van der Waals surface area contributed by atoms with Gasteiger partial charge in [-0.25, -0.2) is 4.98 Å². The van der Waals surface area contributed by atoms with Gasteiger partial charge in [-0.2, -0.15) is 0 Å². The lowest BCUT2D eigenvalue weighted by molar-refractivity contribution is -0.113. The Hall–Kier alpha value is -2.60. The third-order valence-corrected chi connectivity index (χ3v) is 4.96. The summed E-state index contributed by atoms with van der Waals surface area (Å²) in [5.74, 6) is 0.933. The molecule has 1 heterocycles. The highest BCUT2D eigenvalue weighted by molar-refractivity contribution is 7.99. The molecule has 5 nitrogen and oxygen atoms in total. The van der Waals surface area contributed by atoms with Gasteiger partial charge in [0.15, 0.2) is 5.82 Å². The highest BCUT2D eigenvalue weighted by atomic mass is 32.2. The Balaban J connectivity index is 1.63. The number of hydrogen-bond acceptors (Lipinski definition) is 4. The predicted molar refractivity (Wildman–Crippen MR) is 106 cm³/mol. The van der Waals surface area contributed by atoms with E-state index in [0.29, 0.717) is 11.0 Å². The van der Waals surface area contributed by atoms with E-state index in [1.807, 2.05) is 36.4 Å². The minimum absolute atomic E-state index is 0.0448. The Morgan fingerprint density at radius 1 is 1.04 bits per heavy atom. The van der Waals surface area contributed by atoms with Gasteiger partial charge in [-0.3, -0.25) is 9.89 Å². The molecule has 0 radical (unpaired) electrons. The van der Waals surface area contributed by atoms with E-state index in [4.69, 9.17) is 0 Å². The maximum atomic E-state index is 12.4. The number of rotatable bonds is 7. The number of carbonyl (C=O) groups is 1. The molecule has 0 spiro atoms. The second kappa shape index (κ2) is 8.67. The van der Waals surface area contributed by atoms with Crippen LogP contribution in [-0.4, -0.2) is 26.8 Å². The molecular formula is C20H22N4OS. The molecule has 3 rings (SSSR count). The number of amides is 1. The van der Waals surface area contributed by atoms with E-state index in [-0.39, 0.29) is 11.7 Å². The largest absolute Gasteiger partial charge is 0.325 e. The first-order chi connectivity index (χ1) is 12.7. The quantitative estimate of drug-likeness (QED) is 0.611. The van der Waals surface area contributed by atoms with Crippen LogP contribution in [0.3, 0.4) is 0 Å². The second-order valence-electron chi connectivity index (χ2n) is 5.83. The van der Waals surface area contributed by atoms with Crippen molar-refractivity contribution in [3.05, 3.63) is 59.7 Å². The van der Waals surface area contributed by atoms with Crippen molar-refractivity contribution in [2.24, 2.45) is 0 Å². The van der Waals surface area contributed by atoms with E-state index in [2.05, 4.69) is 46.5 Å². The molecule has 1 amide bonds. The summed E-state index contributed by atoms with van der Waals surface area (Å²) in [5, 5.41) is 10.7. The number of aromatic amines is 1. The number of anilines is 1. The number of para-hydroxylation sites is 1. The fourth-order valence-electron chi connectivity index (χ4n) is 2.74. The Labute approximate surface area is 157 Å². The molecule has 0 fully saturated rings. The minimum atomic E-state index is -0.0448. The number of benzene rings is 2. The Morgan fingerprint density at radius 3 is 2.38 bits per heavy atom. The van der Waals surface area contributed by atoms with Crippen molar-refractivity contribution in [3.8, 4) is 11.4 Å². The van der Waals surface area contributed by atoms with E-state index < -0.39 is 0 Å². The predicted octanol–water partition coefficient (Wildman–Crippen LogP) is 4.33. The van der Waals surface area contributed by atoms with Gasteiger partial charge in [0.25, 0.3) is 0 Å².